The lowest BCUT2D eigenvalue weighted by atomic mass is 9.96. The SMILES string of the molecule is CC(C)(C)C(=O)Oc1cc(O)c(O)c(OC(=O)C(C)(C)C)c1[C@H](O)CN. The summed E-state index contributed by atoms with van der Waals surface area (Å²) in [5.41, 5.74) is 3.49. The highest BCUT2D eigenvalue weighted by Gasteiger charge is 2.33. The smallest absolute Gasteiger partial charge is 0.316 e. The van der Waals surface area contributed by atoms with Crippen LogP contribution >= 0.6 is 0 Å². The van der Waals surface area contributed by atoms with Gasteiger partial charge < -0.3 is 30.5 Å². The van der Waals surface area contributed by atoms with E-state index in [0.29, 0.717) is 0 Å². The van der Waals surface area contributed by atoms with Gasteiger partial charge in [-0.3, -0.25) is 9.59 Å². The molecule has 1 aromatic carbocycles. The minimum atomic E-state index is -1.41. The minimum absolute atomic E-state index is 0.196. The zero-order chi connectivity index (χ0) is 20.4. The first-order valence-corrected chi connectivity index (χ1v) is 8.11. The number of hydrogen-bond acceptors (Lipinski definition) is 8. The van der Waals surface area contributed by atoms with Crippen molar-refractivity contribution >= 4 is 11.9 Å². The Bertz CT molecular complexity index is 699. The fraction of sp³-hybridized carbons (Fsp3) is 0.556. The first kappa shape index (κ1) is 21.7. The van der Waals surface area contributed by atoms with Crippen LogP contribution in [0.5, 0.6) is 23.0 Å². The Hall–Kier alpha value is -2.32. The molecule has 5 N–H and O–H groups in total. The van der Waals surface area contributed by atoms with E-state index in [0.717, 1.165) is 6.07 Å². The second kappa shape index (κ2) is 7.51. The summed E-state index contributed by atoms with van der Waals surface area (Å²) in [6, 6.07) is 0.960. The maximum absolute atomic E-state index is 12.2. The molecule has 1 atom stereocenters. The molecule has 0 unspecified atom stereocenters. The van der Waals surface area contributed by atoms with Crippen molar-refractivity contribution in [2.45, 2.75) is 47.6 Å². The molecule has 0 bridgehead atoms. The van der Waals surface area contributed by atoms with Crippen LogP contribution in [0.3, 0.4) is 0 Å². The van der Waals surface area contributed by atoms with E-state index >= 15 is 0 Å². The number of hydrogen-bond donors (Lipinski definition) is 4. The summed E-state index contributed by atoms with van der Waals surface area (Å²) in [4.78, 5) is 24.4. The molecular weight excluding hydrogens is 342 g/mol. The van der Waals surface area contributed by atoms with Crippen LogP contribution in [0.15, 0.2) is 6.07 Å². The van der Waals surface area contributed by atoms with Crippen molar-refractivity contribution in [1.29, 1.82) is 0 Å². The van der Waals surface area contributed by atoms with E-state index in [1.807, 2.05) is 0 Å². The van der Waals surface area contributed by atoms with E-state index in [4.69, 9.17) is 15.2 Å². The van der Waals surface area contributed by atoms with Crippen molar-refractivity contribution in [3.63, 3.8) is 0 Å². The Morgan fingerprint density at radius 2 is 1.50 bits per heavy atom. The van der Waals surface area contributed by atoms with Crippen LogP contribution in [-0.4, -0.2) is 33.8 Å². The number of aromatic hydroxyl groups is 2. The molecule has 0 aromatic heterocycles. The highest BCUT2D eigenvalue weighted by atomic mass is 16.6. The highest BCUT2D eigenvalue weighted by molar-refractivity contribution is 5.82. The molecule has 0 spiro atoms. The number of rotatable bonds is 4. The number of benzene rings is 1. The third-order valence-corrected chi connectivity index (χ3v) is 3.41. The standard InChI is InChI=1S/C18H27NO7/c1-17(2,3)15(23)25-11-7-9(20)13(22)14(12(11)10(21)8-19)26-16(24)18(4,5)6/h7,10,20-22H,8,19H2,1-6H3/t10-/m1/s1. The van der Waals surface area contributed by atoms with Gasteiger partial charge >= 0.3 is 11.9 Å². The normalized spacial score (nSPS) is 13.2. The Morgan fingerprint density at radius 1 is 1.04 bits per heavy atom. The average Bonchev–Trinajstić information content (AvgIpc) is 2.49. The van der Waals surface area contributed by atoms with Crippen LogP contribution < -0.4 is 15.2 Å². The van der Waals surface area contributed by atoms with E-state index in [-0.39, 0.29) is 17.9 Å². The topological polar surface area (TPSA) is 139 Å². The molecule has 0 amide bonds. The number of phenols is 2. The molecule has 146 valence electrons. The highest BCUT2D eigenvalue weighted by Crippen LogP contribution is 2.47. The van der Waals surface area contributed by atoms with Crippen LogP contribution in [0, 0.1) is 10.8 Å². The van der Waals surface area contributed by atoms with Crippen molar-refractivity contribution in [3.8, 4) is 23.0 Å². The van der Waals surface area contributed by atoms with Crippen molar-refractivity contribution < 1.29 is 34.4 Å². The predicted molar refractivity (Wildman–Crippen MR) is 94.0 cm³/mol. The number of carbonyl (C=O) groups is 2. The predicted octanol–water partition coefficient (Wildman–Crippen LogP) is 1.99. The van der Waals surface area contributed by atoms with E-state index in [2.05, 4.69) is 0 Å². The molecule has 0 aliphatic heterocycles. The fourth-order valence-electron chi connectivity index (χ4n) is 1.75. The van der Waals surface area contributed by atoms with Gasteiger partial charge in [-0.05, 0) is 41.5 Å². The average molecular weight is 369 g/mol. The molecule has 0 aliphatic carbocycles. The second-order valence-corrected chi connectivity index (χ2v) is 8.02. The molecule has 0 aliphatic rings. The molecule has 8 nitrogen and oxygen atoms in total. The molecule has 26 heavy (non-hydrogen) atoms. The summed E-state index contributed by atoms with van der Waals surface area (Å²) in [5.74, 6) is -3.57. The summed E-state index contributed by atoms with van der Waals surface area (Å²) in [7, 11) is 0. The monoisotopic (exact) mass is 369 g/mol. The Balaban J connectivity index is 3.57. The fourth-order valence-corrected chi connectivity index (χ4v) is 1.75. The van der Waals surface area contributed by atoms with Gasteiger partial charge in [-0.25, -0.2) is 0 Å². The number of aliphatic hydroxyl groups excluding tert-OH is 1. The molecule has 0 heterocycles. The summed E-state index contributed by atoms with van der Waals surface area (Å²) < 4.78 is 10.5. The molecule has 0 fully saturated rings. The lowest BCUT2D eigenvalue weighted by Crippen LogP contribution is -2.28. The quantitative estimate of drug-likeness (QED) is 0.359. The maximum atomic E-state index is 12.2. The third-order valence-electron chi connectivity index (χ3n) is 3.41. The van der Waals surface area contributed by atoms with Crippen LogP contribution in [0.25, 0.3) is 0 Å². The van der Waals surface area contributed by atoms with Crippen molar-refractivity contribution in [3.05, 3.63) is 11.6 Å². The molecule has 0 radical (unpaired) electrons. The Labute approximate surface area is 152 Å². The largest absolute Gasteiger partial charge is 0.504 e. The van der Waals surface area contributed by atoms with Crippen molar-refractivity contribution in [1.82, 2.24) is 0 Å². The maximum Gasteiger partial charge on any atom is 0.316 e. The van der Waals surface area contributed by atoms with Gasteiger partial charge in [0.1, 0.15) is 5.75 Å². The first-order chi connectivity index (χ1) is 11.7. The first-order valence-electron chi connectivity index (χ1n) is 8.11. The van der Waals surface area contributed by atoms with Crippen LogP contribution in [0.1, 0.15) is 53.2 Å². The number of carbonyl (C=O) groups excluding carboxylic acids is 2. The lowest BCUT2D eigenvalue weighted by Gasteiger charge is -2.24. The number of phenolic OH excluding ortho intramolecular Hbond substituents is 2. The van der Waals surface area contributed by atoms with E-state index in [1.54, 1.807) is 41.5 Å². The summed E-state index contributed by atoms with van der Waals surface area (Å²) in [6.45, 7) is 9.34. The molecule has 1 aromatic rings. The van der Waals surface area contributed by atoms with Gasteiger partial charge in [0, 0.05) is 12.6 Å². The summed E-state index contributed by atoms with van der Waals surface area (Å²) in [6.07, 6.45) is -1.41. The number of esters is 2. The number of ether oxygens (including phenoxy) is 2. The van der Waals surface area contributed by atoms with E-state index < -0.39 is 46.1 Å². The lowest BCUT2D eigenvalue weighted by molar-refractivity contribution is -0.143. The summed E-state index contributed by atoms with van der Waals surface area (Å²) in [5, 5.41) is 30.3. The van der Waals surface area contributed by atoms with Crippen LogP contribution in [0.2, 0.25) is 0 Å². The zero-order valence-corrected chi connectivity index (χ0v) is 15.9. The molecule has 0 saturated carbocycles. The molecule has 1 rings (SSSR count). The molecule has 0 saturated heterocycles. The van der Waals surface area contributed by atoms with Crippen molar-refractivity contribution in [2.24, 2.45) is 16.6 Å². The van der Waals surface area contributed by atoms with Gasteiger partial charge in [-0.15, -0.1) is 0 Å². The van der Waals surface area contributed by atoms with Gasteiger partial charge in [-0.1, -0.05) is 0 Å². The molecular formula is C18H27NO7. The second-order valence-electron chi connectivity index (χ2n) is 8.02. The zero-order valence-electron chi connectivity index (χ0n) is 15.9. The number of nitrogens with two attached hydrogens (primary N) is 1. The third kappa shape index (κ3) is 4.86. The van der Waals surface area contributed by atoms with Gasteiger partial charge in [0.05, 0.1) is 22.5 Å². The van der Waals surface area contributed by atoms with Crippen molar-refractivity contribution in [2.75, 3.05) is 6.54 Å². The van der Waals surface area contributed by atoms with Gasteiger partial charge in [0.25, 0.3) is 0 Å². The Morgan fingerprint density at radius 3 is 1.92 bits per heavy atom. The van der Waals surface area contributed by atoms with Crippen LogP contribution in [-0.2, 0) is 9.59 Å². The number of aliphatic hydroxyl groups is 1. The summed E-state index contributed by atoms with van der Waals surface area (Å²) >= 11 is 0. The van der Waals surface area contributed by atoms with Crippen LogP contribution in [0.4, 0.5) is 0 Å². The van der Waals surface area contributed by atoms with E-state index in [1.165, 1.54) is 0 Å². The Kier molecular flexibility index (Phi) is 6.27. The minimum Gasteiger partial charge on any atom is -0.504 e. The van der Waals surface area contributed by atoms with Gasteiger partial charge in [-0.2, -0.15) is 0 Å². The van der Waals surface area contributed by atoms with Gasteiger partial charge in [0.2, 0.25) is 5.75 Å². The van der Waals surface area contributed by atoms with E-state index in [9.17, 15) is 24.9 Å². The molecule has 8 heteroatoms. The van der Waals surface area contributed by atoms with Gasteiger partial charge in [0.15, 0.2) is 11.5 Å².